The molecular formula is C10H16BrNOS2. The summed E-state index contributed by atoms with van der Waals surface area (Å²) in [7, 11) is 0. The van der Waals surface area contributed by atoms with Crippen molar-refractivity contribution >= 4 is 38.6 Å². The van der Waals surface area contributed by atoms with E-state index in [9.17, 15) is 4.55 Å². The molecule has 1 unspecified atom stereocenters. The Morgan fingerprint density at radius 1 is 1.53 bits per heavy atom. The van der Waals surface area contributed by atoms with E-state index in [4.69, 9.17) is 0 Å². The van der Waals surface area contributed by atoms with Gasteiger partial charge in [0.05, 0.1) is 6.04 Å². The van der Waals surface area contributed by atoms with Gasteiger partial charge in [-0.3, -0.25) is 0 Å². The molecule has 0 aliphatic rings. The van der Waals surface area contributed by atoms with Crippen LogP contribution < -0.4 is 4.72 Å². The lowest BCUT2D eigenvalue weighted by Gasteiger charge is -2.26. The first kappa shape index (κ1) is 13.5. The molecule has 0 amide bonds. The zero-order valence-corrected chi connectivity index (χ0v) is 12.6. The highest BCUT2D eigenvalue weighted by molar-refractivity contribution is 9.10. The Balaban J connectivity index is 2.60. The molecule has 15 heavy (non-hydrogen) atoms. The van der Waals surface area contributed by atoms with Gasteiger partial charge < -0.3 is 4.55 Å². The molecule has 1 N–H and O–H groups in total. The molecule has 0 aromatic carbocycles. The molecule has 86 valence electrons. The molecule has 1 rings (SSSR count). The van der Waals surface area contributed by atoms with Crippen molar-refractivity contribution in [2.75, 3.05) is 0 Å². The average Bonchev–Trinajstić information content (AvgIpc) is 2.50. The number of thiophene rings is 1. The first-order chi connectivity index (χ1) is 6.80. The zero-order valence-electron chi connectivity index (χ0n) is 9.33. The second-order valence-corrected chi connectivity index (χ2v) is 8.24. The predicted molar refractivity (Wildman–Crippen MR) is 71.5 cm³/mol. The van der Waals surface area contributed by atoms with Gasteiger partial charge in [0.25, 0.3) is 0 Å². The van der Waals surface area contributed by atoms with Gasteiger partial charge >= 0.3 is 0 Å². The number of hydrogen-bond donors (Lipinski definition) is 1. The summed E-state index contributed by atoms with van der Waals surface area (Å²) < 4.78 is 15.8. The molecule has 2 nitrogen and oxygen atoms in total. The van der Waals surface area contributed by atoms with Crippen molar-refractivity contribution in [1.82, 2.24) is 4.72 Å². The van der Waals surface area contributed by atoms with E-state index < -0.39 is 11.4 Å². The smallest absolute Gasteiger partial charge is 0.136 e. The molecule has 0 spiro atoms. The lowest BCUT2D eigenvalue weighted by Crippen LogP contribution is -2.40. The Bertz CT molecular complexity index is 321. The zero-order chi connectivity index (χ0) is 11.6. The Kier molecular flexibility index (Phi) is 4.67. The quantitative estimate of drug-likeness (QED) is 0.865. The van der Waals surface area contributed by atoms with E-state index in [0.29, 0.717) is 0 Å². The average molecular weight is 310 g/mol. The van der Waals surface area contributed by atoms with Crippen LogP contribution in [0.2, 0.25) is 0 Å². The van der Waals surface area contributed by atoms with E-state index >= 15 is 0 Å². The molecule has 5 heteroatoms. The monoisotopic (exact) mass is 309 g/mol. The second-order valence-electron chi connectivity index (χ2n) is 4.39. The molecule has 0 radical (unpaired) electrons. The van der Waals surface area contributed by atoms with Crippen LogP contribution in [-0.2, 0) is 11.4 Å². The molecule has 0 bridgehead atoms. The minimum atomic E-state index is -1.02. The van der Waals surface area contributed by atoms with Gasteiger partial charge in [0.1, 0.15) is 4.75 Å². The molecule has 2 atom stereocenters. The van der Waals surface area contributed by atoms with Crippen LogP contribution in [0.15, 0.2) is 15.9 Å². The molecule has 0 fully saturated rings. The fourth-order valence-electron chi connectivity index (χ4n) is 0.951. The van der Waals surface area contributed by atoms with Gasteiger partial charge in [0.2, 0.25) is 0 Å². The standard InChI is InChI=1S/C10H16BrNOS2/c1-7(9-5-8(11)6-14-9)12-15(13)10(2,3)4/h5-7,12H,1-4H3/t7?,15-/m0/s1. The molecule has 0 saturated heterocycles. The van der Waals surface area contributed by atoms with Crippen molar-refractivity contribution in [2.24, 2.45) is 0 Å². The first-order valence-electron chi connectivity index (χ1n) is 4.72. The molecule has 1 heterocycles. The summed E-state index contributed by atoms with van der Waals surface area (Å²) in [6.07, 6.45) is 0. The third-order valence-corrected chi connectivity index (χ3v) is 5.41. The SMILES string of the molecule is CC(N[S@@+]([O-])C(C)(C)C)c1cc(Br)cs1. The van der Waals surface area contributed by atoms with Gasteiger partial charge in [-0.05, 0) is 49.7 Å². The van der Waals surface area contributed by atoms with Crippen molar-refractivity contribution in [2.45, 2.75) is 38.5 Å². The summed E-state index contributed by atoms with van der Waals surface area (Å²) in [5.74, 6) is 0. The Morgan fingerprint density at radius 2 is 2.13 bits per heavy atom. The molecule has 0 saturated carbocycles. The van der Waals surface area contributed by atoms with Crippen LogP contribution in [0.5, 0.6) is 0 Å². The summed E-state index contributed by atoms with van der Waals surface area (Å²) in [4.78, 5) is 1.19. The highest BCUT2D eigenvalue weighted by atomic mass is 79.9. The van der Waals surface area contributed by atoms with E-state index in [-0.39, 0.29) is 10.8 Å². The van der Waals surface area contributed by atoms with Gasteiger partial charge in [0.15, 0.2) is 0 Å². The number of nitrogens with one attached hydrogen (secondary N) is 1. The number of halogens is 1. The van der Waals surface area contributed by atoms with Gasteiger partial charge in [-0.25, -0.2) is 0 Å². The van der Waals surface area contributed by atoms with E-state index in [0.717, 1.165) is 4.47 Å². The van der Waals surface area contributed by atoms with Crippen molar-refractivity contribution in [1.29, 1.82) is 0 Å². The number of hydrogen-bond acceptors (Lipinski definition) is 3. The van der Waals surface area contributed by atoms with Crippen LogP contribution in [-0.4, -0.2) is 9.30 Å². The van der Waals surface area contributed by atoms with Crippen LogP contribution in [0.4, 0.5) is 0 Å². The van der Waals surface area contributed by atoms with Crippen molar-refractivity contribution in [3.63, 3.8) is 0 Å². The van der Waals surface area contributed by atoms with E-state index in [1.165, 1.54) is 4.88 Å². The summed E-state index contributed by atoms with van der Waals surface area (Å²) >= 11 is 4.06. The Morgan fingerprint density at radius 3 is 2.53 bits per heavy atom. The Hall–Kier alpha value is 0.450. The summed E-state index contributed by atoms with van der Waals surface area (Å²) in [6.45, 7) is 7.93. The molecule has 1 aromatic heterocycles. The molecule has 0 aliphatic carbocycles. The number of rotatable bonds is 3. The first-order valence-corrected chi connectivity index (χ1v) is 7.55. The van der Waals surface area contributed by atoms with Gasteiger partial charge in [-0.2, -0.15) is 0 Å². The highest BCUT2D eigenvalue weighted by Crippen LogP contribution is 2.27. The largest absolute Gasteiger partial charge is 0.598 e. The topological polar surface area (TPSA) is 35.1 Å². The summed E-state index contributed by atoms with van der Waals surface area (Å²) in [6, 6.07) is 2.18. The third kappa shape index (κ3) is 4.07. The van der Waals surface area contributed by atoms with E-state index in [2.05, 4.69) is 26.7 Å². The Labute approximate surface area is 107 Å². The van der Waals surface area contributed by atoms with Crippen LogP contribution in [0.25, 0.3) is 0 Å². The van der Waals surface area contributed by atoms with E-state index in [1.54, 1.807) is 11.3 Å². The van der Waals surface area contributed by atoms with Crippen LogP contribution >= 0.6 is 27.3 Å². The van der Waals surface area contributed by atoms with Gasteiger partial charge in [-0.15, -0.1) is 16.1 Å². The van der Waals surface area contributed by atoms with Crippen LogP contribution in [0, 0.1) is 0 Å². The molecule has 0 aliphatic heterocycles. The third-order valence-electron chi connectivity index (χ3n) is 1.85. The lowest BCUT2D eigenvalue weighted by atomic mass is 10.3. The summed E-state index contributed by atoms with van der Waals surface area (Å²) in [5.41, 5.74) is 0. The van der Waals surface area contributed by atoms with Gasteiger partial charge in [-0.1, -0.05) is 0 Å². The minimum Gasteiger partial charge on any atom is -0.598 e. The second kappa shape index (κ2) is 5.19. The minimum absolute atomic E-state index is 0.126. The predicted octanol–water partition coefficient (Wildman–Crippen LogP) is 3.62. The molecule has 1 aromatic rings. The highest BCUT2D eigenvalue weighted by Gasteiger charge is 2.28. The van der Waals surface area contributed by atoms with Crippen LogP contribution in [0.1, 0.15) is 38.6 Å². The van der Waals surface area contributed by atoms with Crippen molar-refractivity contribution < 1.29 is 4.55 Å². The van der Waals surface area contributed by atoms with Crippen molar-refractivity contribution in [3.8, 4) is 0 Å². The van der Waals surface area contributed by atoms with E-state index in [1.807, 2.05) is 33.1 Å². The lowest BCUT2D eigenvalue weighted by molar-refractivity contribution is 0.532. The van der Waals surface area contributed by atoms with Gasteiger partial charge in [0, 0.05) is 26.1 Å². The fraction of sp³-hybridized carbons (Fsp3) is 0.600. The van der Waals surface area contributed by atoms with Crippen LogP contribution in [0.3, 0.4) is 0 Å². The van der Waals surface area contributed by atoms with Crippen molar-refractivity contribution in [3.05, 3.63) is 20.8 Å². The normalized spacial score (nSPS) is 16.4. The fourth-order valence-corrected chi connectivity index (χ4v) is 3.28. The summed E-state index contributed by atoms with van der Waals surface area (Å²) in [5, 5.41) is 2.04. The molecular weight excluding hydrogens is 294 g/mol. The maximum absolute atomic E-state index is 11.8. The maximum Gasteiger partial charge on any atom is 0.136 e. The maximum atomic E-state index is 11.8.